The molecule has 36 heavy (non-hydrogen) atoms. The predicted octanol–water partition coefficient (Wildman–Crippen LogP) is 5.32. The first kappa shape index (κ1) is 24.2. The Labute approximate surface area is 214 Å². The molecule has 5 rings (SSSR count). The summed E-state index contributed by atoms with van der Waals surface area (Å²) in [6.07, 6.45) is 5.91. The van der Waals surface area contributed by atoms with Crippen LogP contribution in [0, 0.1) is 0 Å². The molecule has 0 unspecified atom stereocenters. The van der Waals surface area contributed by atoms with E-state index in [0.717, 1.165) is 50.1 Å². The molecule has 0 aliphatic carbocycles. The number of carbonyl (C=O) groups is 3. The number of likely N-dealkylation sites (tertiary alicyclic amines) is 1. The highest BCUT2D eigenvalue weighted by Crippen LogP contribution is 2.39. The number of thioether (sulfide) groups is 1. The molecule has 1 N–H and O–H groups in total. The number of hydrogen-bond acceptors (Lipinski definition) is 5. The van der Waals surface area contributed by atoms with E-state index in [1.165, 1.54) is 0 Å². The van der Waals surface area contributed by atoms with Crippen molar-refractivity contribution in [3.05, 3.63) is 89.4 Å². The molecule has 0 spiro atoms. The van der Waals surface area contributed by atoms with Gasteiger partial charge in [-0.25, -0.2) is 0 Å². The van der Waals surface area contributed by atoms with Crippen LogP contribution in [0.25, 0.3) is 0 Å². The van der Waals surface area contributed by atoms with Gasteiger partial charge < -0.3 is 19.5 Å². The minimum Gasteiger partial charge on any atom is -0.467 e. The Hall–Kier alpha value is -3.52. The normalized spacial score (nSPS) is 18.2. The number of para-hydroxylation sites is 1. The minimum atomic E-state index is -0.278. The Kier molecular flexibility index (Phi) is 7.41. The summed E-state index contributed by atoms with van der Waals surface area (Å²) in [5.74, 6) is 0.896. The molecule has 2 aliphatic heterocycles. The number of anilines is 1. The van der Waals surface area contributed by atoms with Gasteiger partial charge in [-0.1, -0.05) is 37.1 Å². The number of nitrogens with zero attached hydrogens (tertiary/aromatic N) is 2. The Bertz CT molecular complexity index is 1220. The van der Waals surface area contributed by atoms with E-state index < -0.39 is 0 Å². The Morgan fingerprint density at radius 3 is 2.42 bits per heavy atom. The van der Waals surface area contributed by atoms with E-state index in [4.69, 9.17) is 4.42 Å². The highest BCUT2D eigenvalue weighted by Gasteiger charge is 2.33. The van der Waals surface area contributed by atoms with Crippen LogP contribution in [0.2, 0.25) is 0 Å². The Morgan fingerprint density at radius 1 is 0.944 bits per heavy atom. The van der Waals surface area contributed by atoms with E-state index in [1.54, 1.807) is 47.2 Å². The van der Waals surface area contributed by atoms with Crippen LogP contribution in [-0.2, 0) is 11.3 Å². The molecular formula is C28H29N3O4S. The second-order valence-corrected chi connectivity index (χ2v) is 10.2. The van der Waals surface area contributed by atoms with Crippen LogP contribution in [0.5, 0.6) is 0 Å². The summed E-state index contributed by atoms with van der Waals surface area (Å²) in [5.41, 5.74) is 2.47. The summed E-state index contributed by atoms with van der Waals surface area (Å²) in [7, 11) is 0. The molecule has 1 aromatic heterocycles. The topological polar surface area (TPSA) is 82.9 Å². The minimum absolute atomic E-state index is 0.0391. The van der Waals surface area contributed by atoms with Gasteiger partial charge in [-0.2, -0.15) is 0 Å². The fourth-order valence-corrected chi connectivity index (χ4v) is 5.88. The van der Waals surface area contributed by atoms with Crippen LogP contribution < -0.4 is 5.32 Å². The van der Waals surface area contributed by atoms with Gasteiger partial charge in [-0.3, -0.25) is 14.4 Å². The van der Waals surface area contributed by atoms with Gasteiger partial charge in [-0.15, -0.1) is 11.8 Å². The zero-order chi connectivity index (χ0) is 24.9. The SMILES string of the molecule is O=C(Nc1ccccc1C(=O)N1CCCCCC1)c1ccc([C@@H]2SCC(=O)N2Cc2ccco2)cc1. The second-order valence-electron chi connectivity index (χ2n) is 9.09. The standard InChI is InChI=1S/C28H29N3O4S/c32-25-19-36-28(31(25)18-22-8-7-17-35-22)21-13-11-20(12-14-21)26(33)29-24-10-4-3-9-23(24)27(34)30-15-5-1-2-6-16-30/h3-4,7-14,17,28H,1-2,5-6,15-16,18-19H2,(H,29,33)/t28-/m0/s1. The zero-order valence-electron chi connectivity index (χ0n) is 20.0. The van der Waals surface area contributed by atoms with Crippen molar-refractivity contribution in [2.75, 3.05) is 24.2 Å². The fourth-order valence-electron chi connectivity index (χ4n) is 4.69. The van der Waals surface area contributed by atoms with Crippen molar-refractivity contribution in [2.45, 2.75) is 37.6 Å². The summed E-state index contributed by atoms with van der Waals surface area (Å²) in [6.45, 7) is 1.91. The largest absolute Gasteiger partial charge is 0.467 e. The molecule has 2 aliphatic rings. The van der Waals surface area contributed by atoms with Crippen molar-refractivity contribution in [3.8, 4) is 0 Å². The number of benzene rings is 2. The fraction of sp³-hybridized carbons (Fsp3) is 0.321. The molecule has 0 bridgehead atoms. The molecular weight excluding hydrogens is 474 g/mol. The third kappa shape index (κ3) is 5.33. The van der Waals surface area contributed by atoms with Crippen molar-refractivity contribution in [2.24, 2.45) is 0 Å². The lowest BCUT2D eigenvalue weighted by molar-refractivity contribution is -0.128. The van der Waals surface area contributed by atoms with Gasteiger partial charge >= 0.3 is 0 Å². The highest BCUT2D eigenvalue weighted by atomic mass is 32.2. The number of carbonyl (C=O) groups excluding carboxylic acids is 3. The molecule has 2 fully saturated rings. The maximum Gasteiger partial charge on any atom is 0.255 e. The average molecular weight is 504 g/mol. The lowest BCUT2D eigenvalue weighted by Gasteiger charge is -2.23. The number of hydrogen-bond donors (Lipinski definition) is 1. The summed E-state index contributed by atoms with van der Waals surface area (Å²) in [6, 6.07) is 18.1. The third-order valence-electron chi connectivity index (χ3n) is 6.63. The van der Waals surface area contributed by atoms with Gasteiger partial charge in [0.1, 0.15) is 11.1 Å². The predicted molar refractivity (Wildman–Crippen MR) is 140 cm³/mol. The van der Waals surface area contributed by atoms with Crippen molar-refractivity contribution in [1.29, 1.82) is 0 Å². The maximum absolute atomic E-state index is 13.2. The highest BCUT2D eigenvalue weighted by molar-refractivity contribution is 8.00. The van der Waals surface area contributed by atoms with Crippen LogP contribution in [0.4, 0.5) is 5.69 Å². The first-order chi connectivity index (χ1) is 17.6. The van der Waals surface area contributed by atoms with E-state index in [1.807, 2.05) is 41.3 Å². The van der Waals surface area contributed by atoms with Crippen molar-refractivity contribution < 1.29 is 18.8 Å². The van der Waals surface area contributed by atoms with Crippen LogP contribution in [-0.4, -0.2) is 46.4 Å². The van der Waals surface area contributed by atoms with Crippen LogP contribution in [0.15, 0.2) is 71.3 Å². The van der Waals surface area contributed by atoms with Gasteiger partial charge in [0.2, 0.25) is 5.91 Å². The third-order valence-corrected chi connectivity index (χ3v) is 7.89. The number of nitrogens with one attached hydrogen (secondary N) is 1. The van der Waals surface area contributed by atoms with E-state index in [0.29, 0.717) is 29.1 Å². The molecule has 186 valence electrons. The summed E-state index contributed by atoms with van der Waals surface area (Å²) >= 11 is 1.56. The van der Waals surface area contributed by atoms with Gasteiger partial charge in [0.05, 0.1) is 29.8 Å². The molecule has 0 radical (unpaired) electrons. The van der Waals surface area contributed by atoms with Gasteiger partial charge in [0.25, 0.3) is 11.8 Å². The smallest absolute Gasteiger partial charge is 0.255 e. The molecule has 3 aromatic rings. The Balaban J connectivity index is 1.28. The first-order valence-corrected chi connectivity index (χ1v) is 13.4. The molecule has 1 atom stereocenters. The van der Waals surface area contributed by atoms with E-state index in [9.17, 15) is 14.4 Å². The molecule has 2 saturated heterocycles. The number of rotatable bonds is 6. The maximum atomic E-state index is 13.2. The van der Waals surface area contributed by atoms with Crippen molar-refractivity contribution >= 4 is 35.2 Å². The summed E-state index contributed by atoms with van der Waals surface area (Å²) in [4.78, 5) is 42.4. The molecule has 2 aromatic carbocycles. The quantitative estimate of drug-likeness (QED) is 0.492. The van der Waals surface area contributed by atoms with E-state index in [-0.39, 0.29) is 23.1 Å². The lowest BCUT2D eigenvalue weighted by Crippen LogP contribution is -2.32. The molecule has 0 saturated carbocycles. The monoisotopic (exact) mass is 503 g/mol. The van der Waals surface area contributed by atoms with Gasteiger partial charge in [0, 0.05) is 18.7 Å². The van der Waals surface area contributed by atoms with Crippen molar-refractivity contribution in [1.82, 2.24) is 9.80 Å². The first-order valence-electron chi connectivity index (χ1n) is 12.3. The average Bonchev–Trinajstić information content (AvgIpc) is 3.45. The number of furan rings is 1. The lowest BCUT2D eigenvalue weighted by atomic mass is 10.1. The van der Waals surface area contributed by atoms with E-state index in [2.05, 4.69) is 5.32 Å². The molecule has 7 nitrogen and oxygen atoms in total. The van der Waals surface area contributed by atoms with Crippen LogP contribution in [0.3, 0.4) is 0 Å². The molecule has 3 amide bonds. The molecule has 8 heteroatoms. The number of amides is 3. The van der Waals surface area contributed by atoms with Crippen LogP contribution in [0.1, 0.15) is 63.1 Å². The van der Waals surface area contributed by atoms with Crippen LogP contribution >= 0.6 is 11.8 Å². The van der Waals surface area contributed by atoms with Gasteiger partial charge in [-0.05, 0) is 54.8 Å². The molecule has 3 heterocycles. The van der Waals surface area contributed by atoms with E-state index >= 15 is 0 Å². The van der Waals surface area contributed by atoms with Crippen molar-refractivity contribution in [3.63, 3.8) is 0 Å². The van der Waals surface area contributed by atoms with Gasteiger partial charge in [0.15, 0.2) is 0 Å². The Morgan fingerprint density at radius 2 is 1.69 bits per heavy atom. The second kappa shape index (κ2) is 11.0. The zero-order valence-corrected chi connectivity index (χ0v) is 20.8. The summed E-state index contributed by atoms with van der Waals surface area (Å²) < 4.78 is 5.42. The summed E-state index contributed by atoms with van der Waals surface area (Å²) in [5, 5.41) is 2.80.